The quantitative estimate of drug-likeness (QED) is 0.176. The number of aliphatic imine (C=N–C) groups is 1. The summed E-state index contributed by atoms with van der Waals surface area (Å²) in [5.41, 5.74) is 3.68. The van der Waals surface area contributed by atoms with E-state index in [9.17, 15) is 4.79 Å². The Morgan fingerprint density at radius 1 is 1.05 bits per heavy atom. The number of rotatable bonds is 10. The van der Waals surface area contributed by atoms with E-state index in [1.54, 1.807) is 0 Å². The third-order valence-electron chi connectivity index (χ3n) is 7.17. The van der Waals surface area contributed by atoms with Crippen LogP contribution in [0.2, 0.25) is 5.02 Å². The number of hydrogen-bond donors (Lipinski definition) is 0. The molecule has 0 N–H and O–H groups in total. The van der Waals surface area contributed by atoms with Crippen LogP contribution in [0.15, 0.2) is 89.3 Å². The lowest BCUT2D eigenvalue weighted by atomic mass is 9.94. The summed E-state index contributed by atoms with van der Waals surface area (Å²) in [6, 6.07) is 21.6. The summed E-state index contributed by atoms with van der Waals surface area (Å²) in [6.07, 6.45) is 9.90. The average Bonchev–Trinajstić information content (AvgIpc) is 3.28. The molecule has 212 valence electrons. The molecule has 2 aliphatic rings. The Kier molecular flexibility index (Phi) is 9.86. The van der Waals surface area contributed by atoms with Gasteiger partial charge in [-0.1, -0.05) is 67.3 Å². The fraction of sp³-hybridized carbons (Fsp3) is 0.294. The van der Waals surface area contributed by atoms with Crippen LogP contribution in [0.1, 0.15) is 55.7 Å². The molecule has 0 bridgehead atoms. The first-order valence-electron chi connectivity index (χ1n) is 14.2. The number of allylic oxidation sites excluding steroid dienone is 1. The van der Waals surface area contributed by atoms with Crippen LogP contribution >= 0.6 is 23.4 Å². The van der Waals surface area contributed by atoms with Crippen molar-refractivity contribution in [2.45, 2.75) is 58.1 Å². The van der Waals surface area contributed by atoms with Crippen LogP contribution in [0, 0.1) is 0 Å². The van der Waals surface area contributed by atoms with Crippen LogP contribution in [-0.2, 0) is 17.8 Å². The van der Waals surface area contributed by atoms with E-state index in [4.69, 9.17) is 26.1 Å². The van der Waals surface area contributed by atoms with Crippen molar-refractivity contribution >= 4 is 46.2 Å². The van der Waals surface area contributed by atoms with Gasteiger partial charge in [-0.3, -0.25) is 9.69 Å². The highest BCUT2D eigenvalue weighted by molar-refractivity contribution is 8.18. The number of carbonyl (C=O) groups is 1. The molecule has 0 spiro atoms. The van der Waals surface area contributed by atoms with Crippen LogP contribution in [0.4, 0.5) is 5.69 Å². The number of halogens is 1. The van der Waals surface area contributed by atoms with Gasteiger partial charge >= 0.3 is 0 Å². The Bertz CT molecular complexity index is 1430. The monoisotopic (exact) mass is 586 g/mol. The van der Waals surface area contributed by atoms with E-state index in [-0.39, 0.29) is 11.9 Å². The Morgan fingerprint density at radius 3 is 2.51 bits per heavy atom. The van der Waals surface area contributed by atoms with Gasteiger partial charge in [-0.25, -0.2) is 4.99 Å². The van der Waals surface area contributed by atoms with Gasteiger partial charge < -0.3 is 9.47 Å². The minimum atomic E-state index is 0.0166. The van der Waals surface area contributed by atoms with Crippen molar-refractivity contribution in [3.8, 4) is 11.5 Å². The van der Waals surface area contributed by atoms with Crippen LogP contribution in [-0.4, -0.2) is 28.6 Å². The van der Waals surface area contributed by atoms with Gasteiger partial charge in [0.05, 0.1) is 17.2 Å². The number of nitrogens with zero attached hydrogens (tertiary/aromatic N) is 2. The van der Waals surface area contributed by atoms with Crippen LogP contribution in [0.25, 0.3) is 6.08 Å². The molecule has 0 unspecified atom stereocenters. The molecule has 0 aromatic heterocycles. The van der Waals surface area contributed by atoms with Crippen molar-refractivity contribution in [1.82, 2.24) is 4.90 Å². The fourth-order valence-electron chi connectivity index (χ4n) is 5.23. The van der Waals surface area contributed by atoms with Gasteiger partial charge in [0, 0.05) is 16.6 Å². The van der Waals surface area contributed by atoms with Crippen molar-refractivity contribution < 1.29 is 14.3 Å². The second kappa shape index (κ2) is 13.9. The number of ether oxygens (including phenoxy) is 2. The van der Waals surface area contributed by atoms with Gasteiger partial charge in [0.2, 0.25) is 0 Å². The SMILES string of the molecule is C=CCc1cc(/C=C2/SC(=Nc3ccccc3)N(C3CCCCC3)C2=O)cc(OCC)c1OCc1ccc(Cl)cc1. The van der Waals surface area contributed by atoms with Crippen molar-refractivity contribution in [2.75, 3.05) is 6.61 Å². The van der Waals surface area contributed by atoms with Gasteiger partial charge in [-0.2, -0.15) is 0 Å². The molecule has 7 heteroatoms. The maximum absolute atomic E-state index is 13.9. The molecule has 2 fully saturated rings. The van der Waals surface area contributed by atoms with E-state index in [1.807, 2.05) is 84.6 Å². The highest BCUT2D eigenvalue weighted by Gasteiger charge is 2.38. The first-order valence-corrected chi connectivity index (χ1v) is 15.4. The summed E-state index contributed by atoms with van der Waals surface area (Å²) < 4.78 is 12.3. The molecule has 1 aliphatic carbocycles. The number of amidine groups is 1. The number of hydrogen-bond acceptors (Lipinski definition) is 5. The molecular weight excluding hydrogens is 552 g/mol. The van der Waals surface area contributed by atoms with E-state index in [0.29, 0.717) is 41.1 Å². The first-order chi connectivity index (χ1) is 20.1. The average molecular weight is 587 g/mol. The van der Waals surface area contributed by atoms with Crippen LogP contribution < -0.4 is 9.47 Å². The summed E-state index contributed by atoms with van der Waals surface area (Å²) in [5.74, 6) is 1.35. The fourth-order valence-corrected chi connectivity index (χ4v) is 6.41. The normalized spacial score (nSPS) is 17.8. The molecule has 1 heterocycles. The highest BCUT2D eigenvalue weighted by Crippen LogP contribution is 2.40. The number of carbonyl (C=O) groups excluding carboxylic acids is 1. The topological polar surface area (TPSA) is 51.1 Å². The Labute approximate surface area is 251 Å². The number of amides is 1. The van der Waals surface area contributed by atoms with Gasteiger partial charge in [-0.15, -0.1) is 6.58 Å². The number of thioether (sulfide) groups is 1. The summed E-state index contributed by atoms with van der Waals surface area (Å²) in [7, 11) is 0. The lowest BCUT2D eigenvalue weighted by molar-refractivity contribution is -0.124. The second-order valence-electron chi connectivity index (χ2n) is 10.2. The minimum absolute atomic E-state index is 0.0166. The minimum Gasteiger partial charge on any atom is -0.490 e. The zero-order valence-corrected chi connectivity index (χ0v) is 24.9. The van der Waals surface area contributed by atoms with Crippen molar-refractivity contribution in [3.05, 3.63) is 106 Å². The zero-order chi connectivity index (χ0) is 28.6. The molecule has 0 atom stereocenters. The number of benzene rings is 3. The molecule has 0 radical (unpaired) electrons. The second-order valence-corrected chi connectivity index (χ2v) is 11.6. The highest BCUT2D eigenvalue weighted by atomic mass is 35.5. The van der Waals surface area contributed by atoms with Gasteiger partial charge in [0.1, 0.15) is 6.61 Å². The van der Waals surface area contributed by atoms with Gasteiger partial charge in [0.15, 0.2) is 16.7 Å². The van der Waals surface area contributed by atoms with Crippen LogP contribution in [0.3, 0.4) is 0 Å². The first kappa shape index (κ1) is 29.0. The molecule has 1 saturated heterocycles. The molecule has 5 rings (SSSR count). The van der Waals surface area contributed by atoms with Crippen molar-refractivity contribution in [2.24, 2.45) is 4.99 Å². The number of para-hydroxylation sites is 1. The van der Waals surface area contributed by atoms with E-state index in [2.05, 4.69) is 12.6 Å². The molecule has 1 aliphatic heterocycles. The standard InChI is InChI=1S/C34H35ClN2O3S/c1-3-11-26-20-25(21-30(39-4-2)32(26)40-23-24-16-18-27(35)19-17-24)22-31-33(38)37(29-14-9-6-10-15-29)34(41-31)36-28-12-7-5-8-13-28/h3,5,7-8,12-13,16-22,29H,1,4,6,9-11,14-15,23H2,2H3/b31-22+,36-34?. The Balaban J connectivity index is 1.48. The molecule has 1 amide bonds. The third-order valence-corrected chi connectivity index (χ3v) is 8.40. The maximum Gasteiger partial charge on any atom is 0.267 e. The lowest BCUT2D eigenvalue weighted by Gasteiger charge is -2.30. The van der Waals surface area contributed by atoms with E-state index < -0.39 is 0 Å². The lowest BCUT2D eigenvalue weighted by Crippen LogP contribution is -2.40. The molecule has 5 nitrogen and oxygen atoms in total. The molecule has 41 heavy (non-hydrogen) atoms. The largest absolute Gasteiger partial charge is 0.490 e. The summed E-state index contributed by atoms with van der Waals surface area (Å²) in [6.45, 7) is 6.77. The molecule has 3 aromatic carbocycles. The Morgan fingerprint density at radius 2 is 1.80 bits per heavy atom. The molecule has 3 aromatic rings. The van der Waals surface area contributed by atoms with E-state index in [1.165, 1.54) is 18.2 Å². The molecule has 1 saturated carbocycles. The van der Waals surface area contributed by atoms with Crippen LogP contribution in [0.5, 0.6) is 11.5 Å². The van der Waals surface area contributed by atoms with Gasteiger partial charge in [0.25, 0.3) is 5.91 Å². The maximum atomic E-state index is 13.9. The van der Waals surface area contributed by atoms with Crippen molar-refractivity contribution in [1.29, 1.82) is 0 Å². The predicted octanol–water partition coefficient (Wildman–Crippen LogP) is 8.98. The van der Waals surface area contributed by atoms with Crippen molar-refractivity contribution in [3.63, 3.8) is 0 Å². The summed E-state index contributed by atoms with van der Waals surface area (Å²) in [5, 5.41) is 1.44. The zero-order valence-electron chi connectivity index (χ0n) is 23.4. The predicted molar refractivity (Wildman–Crippen MR) is 170 cm³/mol. The van der Waals surface area contributed by atoms with E-state index >= 15 is 0 Å². The van der Waals surface area contributed by atoms with Gasteiger partial charge in [-0.05, 0) is 91.5 Å². The third kappa shape index (κ3) is 7.24. The smallest absolute Gasteiger partial charge is 0.267 e. The molecular formula is C34H35ClN2O3S. The summed E-state index contributed by atoms with van der Waals surface area (Å²) >= 11 is 7.49. The Hall–Kier alpha value is -3.48. The summed E-state index contributed by atoms with van der Waals surface area (Å²) in [4.78, 5) is 21.3. The van der Waals surface area contributed by atoms with E-state index in [0.717, 1.165) is 53.2 Å².